The van der Waals surface area contributed by atoms with Crippen LogP contribution in [0.3, 0.4) is 0 Å². The van der Waals surface area contributed by atoms with Crippen LogP contribution < -0.4 is 10.6 Å². The van der Waals surface area contributed by atoms with E-state index in [2.05, 4.69) is 20.6 Å². The minimum absolute atomic E-state index is 0.0254. The zero-order valence-corrected chi connectivity index (χ0v) is 11.6. The van der Waals surface area contributed by atoms with Gasteiger partial charge in [0.1, 0.15) is 23.8 Å². The highest BCUT2D eigenvalue weighted by Crippen LogP contribution is 1.98. The van der Waals surface area contributed by atoms with Gasteiger partial charge >= 0.3 is 0 Å². The summed E-state index contributed by atoms with van der Waals surface area (Å²) in [6.07, 6.45) is -0.403. The van der Waals surface area contributed by atoms with E-state index in [0.717, 1.165) is 12.4 Å². The molecule has 122 valence electrons. The zero-order valence-electron chi connectivity index (χ0n) is 11.6. The van der Waals surface area contributed by atoms with E-state index in [1.54, 1.807) is 0 Å². The Hall–Kier alpha value is -2.14. The molecule has 1 aromatic rings. The van der Waals surface area contributed by atoms with Crippen LogP contribution in [0.1, 0.15) is 33.8 Å². The summed E-state index contributed by atoms with van der Waals surface area (Å²) in [4.78, 5) is 30.8. The Balaban J connectivity index is 2.62. The number of aliphatic hydroxyl groups excluding tert-OH is 4. The second-order valence-corrected chi connectivity index (χ2v) is 4.29. The smallest absolute Gasteiger partial charge is 0.273 e. The molecule has 0 saturated heterocycles. The lowest BCUT2D eigenvalue weighted by Gasteiger charge is -2.12. The minimum Gasteiger partial charge on any atom is -0.396 e. The van der Waals surface area contributed by atoms with Crippen LogP contribution in [-0.2, 0) is 0 Å². The van der Waals surface area contributed by atoms with Gasteiger partial charge in [-0.1, -0.05) is 0 Å². The first-order chi connectivity index (χ1) is 10.5. The van der Waals surface area contributed by atoms with E-state index in [-0.39, 0.29) is 37.4 Å². The lowest BCUT2D eigenvalue weighted by Crippen LogP contribution is -2.37. The molecule has 0 aromatic carbocycles. The molecule has 6 N–H and O–H groups in total. The molecule has 0 fully saturated rings. The summed E-state index contributed by atoms with van der Waals surface area (Å²) in [5, 5.41) is 40.2. The first-order valence-electron chi connectivity index (χ1n) is 6.49. The van der Waals surface area contributed by atoms with Crippen molar-refractivity contribution in [2.75, 3.05) is 13.2 Å². The fraction of sp³-hybridized carbons (Fsp3) is 0.500. The molecule has 0 radical (unpaired) electrons. The van der Waals surface area contributed by atoms with E-state index in [9.17, 15) is 19.8 Å². The molecule has 2 unspecified atom stereocenters. The fourth-order valence-corrected chi connectivity index (χ4v) is 1.40. The van der Waals surface area contributed by atoms with E-state index in [1.165, 1.54) is 0 Å². The summed E-state index contributed by atoms with van der Waals surface area (Å²) in [7, 11) is 0. The van der Waals surface area contributed by atoms with Crippen molar-refractivity contribution in [3.05, 3.63) is 23.8 Å². The Morgan fingerprint density at radius 2 is 1.27 bits per heavy atom. The average Bonchev–Trinajstić information content (AvgIpc) is 2.47. The van der Waals surface area contributed by atoms with Crippen LogP contribution in [0.4, 0.5) is 0 Å². The van der Waals surface area contributed by atoms with Crippen LogP contribution in [0.5, 0.6) is 0 Å². The molecule has 0 bridgehead atoms. The lowest BCUT2D eigenvalue weighted by molar-refractivity contribution is 0.0685. The molecule has 10 heteroatoms. The van der Waals surface area contributed by atoms with Gasteiger partial charge in [-0.05, 0) is 0 Å². The quantitative estimate of drug-likeness (QED) is 0.283. The predicted molar refractivity (Wildman–Crippen MR) is 72.4 cm³/mol. The highest BCUT2D eigenvalue weighted by molar-refractivity contribution is 5.94. The molecule has 0 saturated carbocycles. The number of carbonyl (C=O) groups excluding carboxylic acids is 2. The predicted octanol–water partition coefficient (Wildman–Crippen LogP) is -2.66. The maximum absolute atomic E-state index is 11.7. The van der Waals surface area contributed by atoms with Gasteiger partial charge in [0.15, 0.2) is 0 Å². The molecule has 0 aliphatic carbocycles. The molecule has 2 atom stereocenters. The third kappa shape index (κ3) is 5.69. The number of nitrogens with zero attached hydrogens (tertiary/aromatic N) is 2. The minimum atomic E-state index is -1.21. The average molecular weight is 314 g/mol. The van der Waals surface area contributed by atoms with Gasteiger partial charge in [-0.15, -0.1) is 0 Å². The number of aliphatic hydroxyl groups is 4. The number of hydrogen-bond donors (Lipinski definition) is 6. The zero-order chi connectivity index (χ0) is 16.5. The Kier molecular flexibility index (Phi) is 7.32. The molecule has 2 amide bonds. The van der Waals surface area contributed by atoms with Gasteiger partial charge in [-0.25, -0.2) is 9.97 Å². The van der Waals surface area contributed by atoms with Crippen molar-refractivity contribution in [3.63, 3.8) is 0 Å². The second-order valence-electron chi connectivity index (χ2n) is 4.29. The Labute approximate surface area is 125 Å². The number of rotatable bonds is 8. The molecule has 0 aliphatic heterocycles. The summed E-state index contributed by atoms with van der Waals surface area (Å²) >= 11 is 0. The number of hydrogen-bond acceptors (Lipinski definition) is 8. The Morgan fingerprint density at radius 3 is 1.55 bits per heavy atom. The number of amides is 2. The molecule has 10 nitrogen and oxygen atoms in total. The number of carbonyl (C=O) groups is 2. The second kappa shape index (κ2) is 9.00. The Morgan fingerprint density at radius 1 is 0.909 bits per heavy atom. The third-order valence-corrected chi connectivity index (χ3v) is 2.52. The van der Waals surface area contributed by atoms with Gasteiger partial charge < -0.3 is 31.1 Å². The topological polar surface area (TPSA) is 165 Å². The molecule has 1 heterocycles. The lowest BCUT2D eigenvalue weighted by atomic mass is 10.3. The van der Waals surface area contributed by atoms with Crippen LogP contribution in [0, 0.1) is 0 Å². The molecule has 0 spiro atoms. The van der Waals surface area contributed by atoms with E-state index in [1.807, 2.05) is 0 Å². The van der Waals surface area contributed by atoms with Crippen molar-refractivity contribution in [2.45, 2.75) is 25.3 Å². The van der Waals surface area contributed by atoms with Crippen LogP contribution >= 0.6 is 0 Å². The molecule has 1 rings (SSSR count). The summed E-state index contributed by atoms with van der Waals surface area (Å²) < 4.78 is 0. The molecular weight excluding hydrogens is 296 g/mol. The van der Waals surface area contributed by atoms with Gasteiger partial charge in [0, 0.05) is 26.1 Å². The maximum atomic E-state index is 11.7. The largest absolute Gasteiger partial charge is 0.396 e. The van der Waals surface area contributed by atoms with Crippen molar-refractivity contribution in [3.8, 4) is 0 Å². The normalized spacial score (nSPS) is 13.3. The summed E-state index contributed by atoms with van der Waals surface area (Å²) in [5.74, 6) is -1.42. The van der Waals surface area contributed by atoms with Crippen LogP contribution in [0.25, 0.3) is 0 Å². The van der Waals surface area contributed by atoms with Gasteiger partial charge in [-0.2, -0.15) is 0 Å². The molecule has 22 heavy (non-hydrogen) atoms. The molecule has 1 aromatic heterocycles. The first-order valence-corrected chi connectivity index (χ1v) is 6.49. The summed E-state index contributed by atoms with van der Waals surface area (Å²) in [5.41, 5.74) is -0.242. The molecular formula is C12H18N4O6. The van der Waals surface area contributed by atoms with Crippen LogP contribution in [0.2, 0.25) is 0 Å². The summed E-state index contributed by atoms with van der Waals surface area (Å²) in [6.45, 7) is -0.579. The van der Waals surface area contributed by atoms with Crippen molar-refractivity contribution in [1.82, 2.24) is 20.6 Å². The highest BCUT2D eigenvalue weighted by atomic mass is 16.3. The van der Waals surface area contributed by atoms with E-state index >= 15 is 0 Å². The fourth-order valence-electron chi connectivity index (χ4n) is 1.40. The van der Waals surface area contributed by atoms with Gasteiger partial charge in [0.2, 0.25) is 0 Å². The highest BCUT2D eigenvalue weighted by Gasteiger charge is 2.15. The SMILES string of the molecule is O=C(NC(O)CCO)c1cnc(C(=O)NC(O)CCO)cn1. The van der Waals surface area contributed by atoms with Gasteiger partial charge in [-0.3, -0.25) is 9.59 Å². The number of nitrogens with one attached hydrogen (secondary N) is 2. The van der Waals surface area contributed by atoms with E-state index in [4.69, 9.17) is 10.2 Å². The van der Waals surface area contributed by atoms with E-state index < -0.39 is 24.3 Å². The third-order valence-electron chi connectivity index (χ3n) is 2.52. The van der Waals surface area contributed by atoms with Crippen molar-refractivity contribution in [2.24, 2.45) is 0 Å². The van der Waals surface area contributed by atoms with Crippen LogP contribution in [-0.4, -0.2) is 67.9 Å². The Bertz CT molecular complexity index is 450. The first kappa shape index (κ1) is 17.9. The van der Waals surface area contributed by atoms with Crippen molar-refractivity contribution < 1.29 is 30.0 Å². The maximum Gasteiger partial charge on any atom is 0.273 e. The molecule has 0 aliphatic rings. The van der Waals surface area contributed by atoms with Crippen molar-refractivity contribution in [1.29, 1.82) is 0 Å². The standard InChI is InChI=1S/C12H18N4O6/c17-3-1-9(19)15-11(21)7-5-14-8(6-13-7)12(22)16-10(20)2-4-18/h5-6,9-10,17-20H,1-4H2,(H,15,21)(H,16,22). The van der Waals surface area contributed by atoms with Gasteiger partial charge in [0.05, 0.1) is 12.4 Å². The van der Waals surface area contributed by atoms with Crippen molar-refractivity contribution >= 4 is 11.8 Å². The van der Waals surface area contributed by atoms with Crippen LogP contribution in [0.15, 0.2) is 12.4 Å². The number of aromatic nitrogens is 2. The van der Waals surface area contributed by atoms with Gasteiger partial charge in [0.25, 0.3) is 11.8 Å². The summed E-state index contributed by atoms with van der Waals surface area (Å²) in [6, 6.07) is 0. The monoisotopic (exact) mass is 314 g/mol. The van der Waals surface area contributed by atoms with E-state index in [0.29, 0.717) is 0 Å².